The maximum absolute atomic E-state index is 12.5. The Morgan fingerprint density at radius 1 is 1.30 bits per heavy atom. The minimum absolute atomic E-state index is 0.0591. The summed E-state index contributed by atoms with van der Waals surface area (Å²) in [4.78, 5) is 24.8. The molecule has 0 unspecified atom stereocenters. The number of ether oxygens (including phenoxy) is 1. The van der Waals surface area contributed by atoms with Crippen molar-refractivity contribution >= 4 is 28.9 Å². The normalized spacial score (nSPS) is 13.7. The van der Waals surface area contributed by atoms with Gasteiger partial charge in [0, 0.05) is 24.4 Å². The number of nitro benzene ring substituents is 1. The highest BCUT2D eigenvalue weighted by Crippen LogP contribution is 2.27. The Hall–Kier alpha value is -3.42. The highest BCUT2D eigenvalue weighted by atomic mass is 16.6. The van der Waals surface area contributed by atoms with E-state index < -0.39 is 10.9 Å². The molecule has 3 rings (SSSR count). The second kappa shape index (κ2) is 8.31. The number of benzene rings is 2. The number of fused-ring (bicyclic) bond motifs is 1. The average Bonchev–Trinajstić information content (AvgIpc) is 2.68. The van der Waals surface area contributed by atoms with E-state index in [-0.39, 0.29) is 18.1 Å². The molecule has 0 spiro atoms. The molecule has 0 radical (unpaired) electrons. The van der Waals surface area contributed by atoms with Gasteiger partial charge < -0.3 is 9.64 Å². The lowest BCUT2D eigenvalue weighted by molar-refractivity contribution is -0.384. The first-order valence-corrected chi connectivity index (χ1v) is 8.71. The number of amidine groups is 1. The van der Waals surface area contributed by atoms with Gasteiger partial charge in [-0.1, -0.05) is 24.3 Å². The number of carbonyl (C=O) groups excluding carboxylic acids is 1. The molecule has 0 amide bonds. The third kappa shape index (κ3) is 4.22. The van der Waals surface area contributed by atoms with Crippen molar-refractivity contribution in [3.05, 3.63) is 64.2 Å². The van der Waals surface area contributed by atoms with Crippen molar-refractivity contribution in [3.8, 4) is 0 Å². The number of hydrogen-bond donors (Lipinski definition) is 1. The predicted molar refractivity (Wildman–Crippen MR) is 103 cm³/mol. The zero-order valence-electron chi connectivity index (χ0n) is 14.9. The number of aryl methyl sites for hydroxylation is 1. The van der Waals surface area contributed by atoms with Crippen LogP contribution < -0.4 is 10.3 Å². The van der Waals surface area contributed by atoms with Gasteiger partial charge in [-0.15, -0.1) is 5.10 Å². The monoisotopic (exact) mass is 368 g/mol. The summed E-state index contributed by atoms with van der Waals surface area (Å²) in [5.41, 5.74) is 5.15. The number of hydrazone groups is 1. The number of carbonyl (C=O) groups is 1. The van der Waals surface area contributed by atoms with E-state index in [4.69, 9.17) is 4.74 Å². The van der Waals surface area contributed by atoms with E-state index >= 15 is 0 Å². The number of rotatable bonds is 4. The van der Waals surface area contributed by atoms with Crippen molar-refractivity contribution in [2.24, 2.45) is 5.10 Å². The lowest BCUT2D eigenvalue weighted by Crippen LogP contribution is -2.41. The highest BCUT2D eigenvalue weighted by molar-refractivity contribution is 6.41. The summed E-state index contributed by atoms with van der Waals surface area (Å²) >= 11 is 0. The third-order valence-electron chi connectivity index (χ3n) is 4.17. The molecule has 0 bridgehead atoms. The van der Waals surface area contributed by atoms with Crippen molar-refractivity contribution in [2.75, 3.05) is 23.5 Å². The molecule has 2 aromatic rings. The van der Waals surface area contributed by atoms with Crippen LogP contribution in [0.2, 0.25) is 0 Å². The molecule has 140 valence electrons. The second-order valence-corrected chi connectivity index (χ2v) is 5.96. The molecule has 8 heteroatoms. The maximum Gasteiger partial charge on any atom is 0.376 e. The first-order valence-electron chi connectivity index (χ1n) is 8.71. The molecule has 1 N–H and O–H groups in total. The molecule has 1 heterocycles. The van der Waals surface area contributed by atoms with Crippen molar-refractivity contribution in [1.29, 1.82) is 0 Å². The van der Waals surface area contributed by atoms with Crippen LogP contribution in [0.5, 0.6) is 0 Å². The molecule has 8 nitrogen and oxygen atoms in total. The minimum Gasteiger partial charge on any atom is -0.460 e. The third-order valence-corrected chi connectivity index (χ3v) is 4.17. The molecule has 0 saturated carbocycles. The predicted octanol–water partition coefficient (Wildman–Crippen LogP) is 3.34. The second-order valence-electron chi connectivity index (χ2n) is 5.96. The largest absolute Gasteiger partial charge is 0.460 e. The summed E-state index contributed by atoms with van der Waals surface area (Å²) in [5.74, 6) is -0.428. The van der Waals surface area contributed by atoms with Gasteiger partial charge in [0.15, 0.2) is 0 Å². The summed E-state index contributed by atoms with van der Waals surface area (Å²) < 4.78 is 5.16. The lowest BCUT2D eigenvalue weighted by Gasteiger charge is -2.30. The number of nitrogens with one attached hydrogen (secondary N) is 1. The quantitative estimate of drug-likeness (QED) is 0.292. The zero-order chi connectivity index (χ0) is 19.2. The van der Waals surface area contributed by atoms with Crippen LogP contribution >= 0.6 is 0 Å². The number of non-ortho nitro benzene ring substituents is 1. The number of nitrogens with zero attached hydrogens (tertiary/aromatic N) is 3. The fourth-order valence-electron chi connectivity index (χ4n) is 2.97. The summed E-state index contributed by atoms with van der Waals surface area (Å²) in [6.07, 6.45) is 1.81. The summed E-state index contributed by atoms with van der Waals surface area (Å²) in [5, 5.41) is 15.2. The van der Waals surface area contributed by atoms with Crippen LogP contribution in [-0.2, 0) is 16.0 Å². The Labute approximate surface area is 156 Å². The van der Waals surface area contributed by atoms with Crippen LogP contribution in [0.1, 0.15) is 18.9 Å². The maximum atomic E-state index is 12.5. The molecular formula is C19H20N4O4. The molecule has 0 aromatic heterocycles. The highest BCUT2D eigenvalue weighted by Gasteiger charge is 2.27. The molecule has 1 aliphatic heterocycles. The van der Waals surface area contributed by atoms with Gasteiger partial charge in [0.05, 0.1) is 17.2 Å². The molecular weight excluding hydrogens is 348 g/mol. The topological polar surface area (TPSA) is 97.1 Å². The van der Waals surface area contributed by atoms with Crippen LogP contribution in [0, 0.1) is 10.1 Å². The van der Waals surface area contributed by atoms with Crippen molar-refractivity contribution in [3.63, 3.8) is 0 Å². The van der Waals surface area contributed by atoms with Gasteiger partial charge in [-0.2, -0.15) is 0 Å². The number of para-hydroxylation sites is 1. The molecule has 0 atom stereocenters. The van der Waals surface area contributed by atoms with E-state index in [1.54, 1.807) is 19.1 Å². The van der Waals surface area contributed by atoms with Gasteiger partial charge in [0.2, 0.25) is 5.84 Å². The summed E-state index contributed by atoms with van der Waals surface area (Å²) in [6, 6.07) is 13.8. The van der Waals surface area contributed by atoms with Crippen molar-refractivity contribution in [1.82, 2.24) is 0 Å². The van der Waals surface area contributed by atoms with E-state index in [1.165, 1.54) is 12.1 Å². The van der Waals surface area contributed by atoms with Crippen LogP contribution in [0.25, 0.3) is 0 Å². The summed E-state index contributed by atoms with van der Waals surface area (Å²) in [6.45, 7) is 2.59. The van der Waals surface area contributed by atoms with Gasteiger partial charge in [0.25, 0.3) is 5.69 Å². The van der Waals surface area contributed by atoms with Gasteiger partial charge in [-0.05, 0) is 37.5 Å². The van der Waals surface area contributed by atoms with Crippen molar-refractivity contribution < 1.29 is 14.5 Å². The Bertz CT molecular complexity index is 882. The Balaban J connectivity index is 1.93. The summed E-state index contributed by atoms with van der Waals surface area (Å²) in [7, 11) is 0. The van der Waals surface area contributed by atoms with Crippen LogP contribution in [0.4, 0.5) is 17.1 Å². The lowest BCUT2D eigenvalue weighted by atomic mass is 10.0. The average molecular weight is 368 g/mol. The van der Waals surface area contributed by atoms with Gasteiger partial charge in [-0.3, -0.25) is 15.5 Å². The van der Waals surface area contributed by atoms with Gasteiger partial charge >= 0.3 is 5.97 Å². The number of esters is 1. The molecule has 1 aliphatic rings. The van der Waals surface area contributed by atoms with Gasteiger partial charge in [0.1, 0.15) is 0 Å². The van der Waals surface area contributed by atoms with Crippen molar-refractivity contribution in [2.45, 2.75) is 19.8 Å². The molecule has 0 saturated heterocycles. The van der Waals surface area contributed by atoms with E-state index in [0.717, 1.165) is 24.1 Å². The first kappa shape index (κ1) is 18.4. The first-order chi connectivity index (χ1) is 13.1. The number of anilines is 2. The van der Waals surface area contributed by atoms with Crippen LogP contribution in [0.3, 0.4) is 0 Å². The molecule has 2 aromatic carbocycles. The SMILES string of the molecule is CCOC(=O)/C(=N/Nc1cccc([N+](=O)[O-])c1)N1CCCc2ccccc21. The van der Waals surface area contributed by atoms with E-state index in [0.29, 0.717) is 12.2 Å². The number of nitro groups is 1. The van der Waals surface area contributed by atoms with Crippen LogP contribution in [0.15, 0.2) is 53.6 Å². The molecule has 0 aliphatic carbocycles. The Kier molecular flexibility index (Phi) is 5.65. The molecule has 0 fully saturated rings. The van der Waals surface area contributed by atoms with E-state index in [2.05, 4.69) is 10.5 Å². The number of hydrogen-bond acceptors (Lipinski definition) is 6. The Morgan fingerprint density at radius 2 is 2.11 bits per heavy atom. The fourth-order valence-corrected chi connectivity index (χ4v) is 2.97. The standard InChI is InChI=1S/C19H20N4O4/c1-2-27-19(24)18(21-20-15-9-5-10-16(13-15)23(25)26)22-12-6-8-14-7-3-4-11-17(14)22/h3-5,7,9-11,13,20H,2,6,8,12H2,1H3/b21-18-. The van der Waals surface area contributed by atoms with E-state index in [9.17, 15) is 14.9 Å². The Morgan fingerprint density at radius 3 is 2.89 bits per heavy atom. The minimum atomic E-state index is -0.549. The van der Waals surface area contributed by atoms with E-state index in [1.807, 2.05) is 29.2 Å². The van der Waals surface area contributed by atoms with Gasteiger partial charge in [-0.25, -0.2) is 4.79 Å². The fraction of sp³-hybridized carbons (Fsp3) is 0.263. The zero-order valence-corrected chi connectivity index (χ0v) is 14.9. The van der Waals surface area contributed by atoms with Crippen LogP contribution in [-0.4, -0.2) is 29.9 Å². The smallest absolute Gasteiger partial charge is 0.376 e. The molecule has 27 heavy (non-hydrogen) atoms.